The minimum atomic E-state index is 0.202. The van der Waals surface area contributed by atoms with Crippen molar-refractivity contribution >= 4 is 5.91 Å². The highest BCUT2D eigenvalue weighted by molar-refractivity contribution is 5.83. The molecular weight excluding hydrogens is 270 g/mol. The summed E-state index contributed by atoms with van der Waals surface area (Å²) in [5.41, 5.74) is 1.97. The topological polar surface area (TPSA) is 29.1 Å². The van der Waals surface area contributed by atoms with Crippen LogP contribution >= 0.6 is 0 Å². The Kier molecular flexibility index (Phi) is 2.99. The number of rotatable bonds is 3. The highest BCUT2D eigenvalue weighted by Crippen LogP contribution is 2.65. The van der Waals surface area contributed by atoms with Crippen LogP contribution in [0.3, 0.4) is 0 Å². The third-order valence-corrected chi connectivity index (χ3v) is 7.47. The summed E-state index contributed by atoms with van der Waals surface area (Å²) in [5.74, 6) is 1.73. The normalized spacial score (nSPS) is 41.4. The van der Waals surface area contributed by atoms with Gasteiger partial charge in [0.15, 0.2) is 0 Å². The molecule has 3 fully saturated rings. The lowest BCUT2D eigenvalue weighted by Crippen LogP contribution is -2.47. The van der Waals surface area contributed by atoms with Gasteiger partial charge in [-0.1, -0.05) is 51.1 Å². The standard InChI is InChI=1S/C20H27NO/c1-19(2)14-9-10-20(19,3)17(11-14)21-18(22)16-12-15(16)13-7-5-4-6-8-13/h4-8,14-17H,9-12H2,1-3H3,(H,21,22)/t14?,15?,16?,17?,20-/m0/s1. The van der Waals surface area contributed by atoms with E-state index >= 15 is 0 Å². The predicted octanol–water partition coefficient (Wildman–Crippen LogP) is 4.12. The Morgan fingerprint density at radius 1 is 1.14 bits per heavy atom. The molecule has 2 heteroatoms. The smallest absolute Gasteiger partial charge is 0.223 e. The number of fused-ring (bicyclic) bond motifs is 2. The Morgan fingerprint density at radius 3 is 2.45 bits per heavy atom. The molecule has 1 aromatic rings. The van der Waals surface area contributed by atoms with Gasteiger partial charge in [-0.3, -0.25) is 4.79 Å². The van der Waals surface area contributed by atoms with E-state index in [1.807, 2.05) is 6.07 Å². The minimum Gasteiger partial charge on any atom is -0.353 e. The molecule has 1 N–H and O–H groups in total. The van der Waals surface area contributed by atoms with E-state index in [4.69, 9.17) is 0 Å². The predicted molar refractivity (Wildman–Crippen MR) is 88.4 cm³/mol. The van der Waals surface area contributed by atoms with Crippen LogP contribution in [0.4, 0.5) is 0 Å². The van der Waals surface area contributed by atoms with Gasteiger partial charge >= 0.3 is 0 Å². The summed E-state index contributed by atoms with van der Waals surface area (Å²) in [4.78, 5) is 12.7. The Labute approximate surface area is 133 Å². The van der Waals surface area contributed by atoms with Crippen molar-refractivity contribution in [3.63, 3.8) is 0 Å². The summed E-state index contributed by atoms with van der Waals surface area (Å²) in [6.45, 7) is 7.20. The molecule has 5 atom stereocenters. The largest absolute Gasteiger partial charge is 0.353 e. The summed E-state index contributed by atoms with van der Waals surface area (Å²) in [7, 11) is 0. The van der Waals surface area contributed by atoms with Gasteiger partial charge in [-0.2, -0.15) is 0 Å². The van der Waals surface area contributed by atoms with Gasteiger partial charge in [0.25, 0.3) is 0 Å². The lowest BCUT2D eigenvalue weighted by molar-refractivity contribution is -0.124. The van der Waals surface area contributed by atoms with Crippen molar-refractivity contribution in [2.24, 2.45) is 22.7 Å². The van der Waals surface area contributed by atoms with Crippen LogP contribution < -0.4 is 5.32 Å². The average molecular weight is 297 g/mol. The molecule has 22 heavy (non-hydrogen) atoms. The van der Waals surface area contributed by atoms with E-state index in [2.05, 4.69) is 50.4 Å². The second-order valence-corrected chi connectivity index (χ2v) is 8.53. The van der Waals surface area contributed by atoms with Crippen LogP contribution in [0.2, 0.25) is 0 Å². The van der Waals surface area contributed by atoms with E-state index < -0.39 is 0 Å². The van der Waals surface area contributed by atoms with Gasteiger partial charge in [0.2, 0.25) is 5.91 Å². The summed E-state index contributed by atoms with van der Waals surface area (Å²) in [5, 5.41) is 3.43. The van der Waals surface area contributed by atoms with Crippen LogP contribution in [0.15, 0.2) is 30.3 Å². The van der Waals surface area contributed by atoms with Crippen molar-refractivity contribution in [2.45, 2.75) is 58.4 Å². The molecule has 0 aliphatic heterocycles. The first-order valence-electron chi connectivity index (χ1n) is 8.79. The van der Waals surface area contributed by atoms with Crippen molar-refractivity contribution in [1.82, 2.24) is 5.32 Å². The molecule has 0 spiro atoms. The van der Waals surface area contributed by atoms with Crippen molar-refractivity contribution in [1.29, 1.82) is 0 Å². The second kappa shape index (κ2) is 4.59. The van der Waals surface area contributed by atoms with Crippen LogP contribution in [-0.4, -0.2) is 11.9 Å². The van der Waals surface area contributed by atoms with E-state index in [1.165, 1.54) is 24.8 Å². The molecule has 0 heterocycles. The summed E-state index contributed by atoms with van der Waals surface area (Å²) < 4.78 is 0. The van der Waals surface area contributed by atoms with Crippen molar-refractivity contribution in [3.05, 3.63) is 35.9 Å². The third-order valence-electron chi connectivity index (χ3n) is 7.47. The molecule has 0 aromatic heterocycles. The molecule has 2 nitrogen and oxygen atoms in total. The summed E-state index contributed by atoms with van der Waals surface area (Å²) in [6.07, 6.45) is 4.80. The number of carbonyl (C=O) groups is 1. The molecule has 0 saturated heterocycles. The van der Waals surface area contributed by atoms with Gasteiger partial charge in [-0.05, 0) is 53.9 Å². The summed E-state index contributed by atoms with van der Waals surface area (Å²) in [6, 6.07) is 10.9. The van der Waals surface area contributed by atoms with E-state index in [9.17, 15) is 4.79 Å². The van der Waals surface area contributed by atoms with Crippen molar-refractivity contribution in [2.75, 3.05) is 0 Å². The van der Waals surface area contributed by atoms with Crippen LogP contribution in [0.5, 0.6) is 0 Å². The number of amides is 1. The maximum atomic E-state index is 12.7. The van der Waals surface area contributed by atoms with E-state index in [0.717, 1.165) is 12.3 Å². The van der Waals surface area contributed by atoms with Crippen LogP contribution in [0.1, 0.15) is 57.9 Å². The van der Waals surface area contributed by atoms with Gasteiger partial charge in [-0.25, -0.2) is 0 Å². The molecule has 4 rings (SSSR count). The number of hydrogen-bond acceptors (Lipinski definition) is 1. The van der Waals surface area contributed by atoms with Gasteiger partial charge in [0.05, 0.1) is 0 Å². The zero-order chi connectivity index (χ0) is 15.5. The molecule has 3 aliphatic carbocycles. The molecule has 3 saturated carbocycles. The minimum absolute atomic E-state index is 0.202. The van der Waals surface area contributed by atoms with Crippen LogP contribution in [0, 0.1) is 22.7 Å². The molecule has 2 bridgehead atoms. The first kappa shape index (κ1) is 14.3. The number of hydrogen-bond donors (Lipinski definition) is 1. The average Bonchev–Trinajstić information content (AvgIpc) is 3.24. The molecule has 1 amide bonds. The van der Waals surface area contributed by atoms with Crippen molar-refractivity contribution in [3.8, 4) is 0 Å². The van der Waals surface area contributed by atoms with Crippen molar-refractivity contribution < 1.29 is 4.79 Å². The molecule has 3 aliphatic rings. The molecule has 118 valence electrons. The third kappa shape index (κ3) is 1.89. The summed E-state index contributed by atoms with van der Waals surface area (Å²) >= 11 is 0. The number of benzene rings is 1. The molecule has 4 unspecified atom stereocenters. The Bertz CT molecular complexity index is 593. The Balaban J connectivity index is 1.43. The number of nitrogens with one attached hydrogen (secondary N) is 1. The zero-order valence-electron chi connectivity index (χ0n) is 13.9. The van der Waals surface area contributed by atoms with Gasteiger partial charge in [0.1, 0.15) is 0 Å². The molecule has 0 radical (unpaired) electrons. The second-order valence-electron chi connectivity index (χ2n) is 8.53. The van der Waals surface area contributed by atoms with E-state index in [0.29, 0.717) is 23.3 Å². The maximum Gasteiger partial charge on any atom is 0.223 e. The lowest BCUT2D eigenvalue weighted by atomic mass is 9.69. The molecule has 1 aromatic carbocycles. The van der Waals surface area contributed by atoms with Gasteiger partial charge in [-0.15, -0.1) is 0 Å². The fraction of sp³-hybridized carbons (Fsp3) is 0.650. The zero-order valence-corrected chi connectivity index (χ0v) is 13.9. The monoisotopic (exact) mass is 297 g/mol. The highest BCUT2D eigenvalue weighted by atomic mass is 16.2. The number of carbonyl (C=O) groups excluding carboxylic acids is 1. The Morgan fingerprint density at radius 2 is 1.86 bits per heavy atom. The van der Waals surface area contributed by atoms with Crippen LogP contribution in [-0.2, 0) is 4.79 Å². The van der Waals surface area contributed by atoms with E-state index in [1.54, 1.807) is 0 Å². The molecular formula is C20H27NO. The highest BCUT2D eigenvalue weighted by Gasteiger charge is 2.62. The SMILES string of the molecule is CC1(C)C2CC[C@@]1(C)C(NC(=O)C1CC1c1ccccc1)C2. The fourth-order valence-electron chi connectivity index (χ4n) is 5.25. The van der Waals surface area contributed by atoms with Crippen LogP contribution in [0.25, 0.3) is 0 Å². The van der Waals surface area contributed by atoms with E-state index in [-0.39, 0.29) is 11.3 Å². The maximum absolute atomic E-state index is 12.7. The Hall–Kier alpha value is -1.31. The lowest BCUT2D eigenvalue weighted by Gasteiger charge is -2.39. The first-order chi connectivity index (χ1) is 10.4. The van der Waals surface area contributed by atoms with Gasteiger partial charge < -0.3 is 5.32 Å². The fourth-order valence-corrected chi connectivity index (χ4v) is 5.25. The quantitative estimate of drug-likeness (QED) is 0.893. The first-order valence-corrected chi connectivity index (χ1v) is 8.79. The van der Waals surface area contributed by atoms with Gasteiger partial charge in [0, 0.05) is 12.0 Å².